The molecule has 0 bridgehead atoms. The first-order valence-corrected chi connectivity index (χ1v) is 9.55. The summed E-state index contributed by atoms with van der Waals surface area (Å²) in [6.45, 7) is -0.147. The Morgan fingerprint density at radius 3 is 2.52 bits per heavy atom. The number of halogens is 3. The van der Waals surface area contributed by atoms with Crippen LogP contribution in [-0.2, 0) is 20.9 Å². The van der Waals surface area contributed by atoms with Gasteiger partial charge in [-0.2, -0.15) is 0 Å². The molecule has 0 radical (unpaired) electrons. The van der Waals surface area contributed by atoms with Crippen LogP contribution < -0.4 is 10.6 Å². The lowest BCUT2D eigenvalue weighted by atomic mass is 10.2. The van der Waals surface area contributed by atoms with Crippen molar-refractivity contribution in [1.82, 2.24) is 10.2 Å². The van der Waals surface area contributed by atoms with Gasteiger partial charge in [-0.3, -0.25) is 14.5 Å². The zero-order chi connectivity index (χ0) is 22.4. The van der Waals surface area contributed by atoms with Gasteiger partial charge in [-0.05, 0) is 30.5 Å². The fraction of sp³-hybridized carbons (Fsp3) is 0.286. The van der Waals surface area contributed by atoms with Gasteiger partial charge in [0.15, 0.2) is 17.5 Å². The predicted molar refractivity (Wildman–Crippen MR) is 104 cm³/mol. The molecule has 3 amide bonds. The number of likely N-dealkylation sites (tertiary alicyclic amines) is 1. The summed E-state index contributed by atoms with van der Waals surface area (Å²) in [5, 5.41) is 4.41. The van der Waals surface area contributed by atoms with Crippen molar-refractivity contribution in [2.75, 3.05) is 18.4 Å². The van der Waals surface area contributed by atoms with Crippen LogP contribution in [0.2, 0.25) is 0 Å². The van der Waals surface area contributed by atoms with Crippen molar-refractivity contribution >= 4 is 23.6 Å². The van der Waals surface area contributed by atoms with Crippen molar-refractivity contribution < 1.29 is 32.3 Å². The second-order valence-electron chi connectivity index (χ2n) is 6.88. The lowest BCUT2D eigenvalue weighted by molar-refractivity contribution is -0.127. The Kier molecular flexibility index (Phi) is 7.11. The molecule has 1 atom stereocenters. The van der Waals surface area contributed by atoms with Crippen LogP contribution in [-0.4, -0.2) is 41.9 Å². The Balaban J connectivity index is 1.50. The normalized spacial score (nSPS) is 15.5. The van der Waals surface area contributed by atoms with Crippen molar-refractivity contribution in [3.05, 3.63) is 65.5 Å². The highest BCUT2D eigenvalue weighted by molar-refractivity contribution is 5.96. The number of hydrogen-bond acceptors (Lipinski definition) is 4. The van der Waals surface area contributed by atoms with Crippen LogP contribution >= 0.6 is 0 Å². The van der Waals surface area contributed by atoms with Gasteiger partial charge in [0.05, 0.1) is 12.2 Å². The van der Waals surface area contributed by atoms with E-state index in [0.29, 0.717) is 25.5 Å². The maximum atomic E-state index is 13.6. The third-order valence-corrected chi connectivity index (χ3v) is 4.73. The minimum atomic E-state index is -1.71. The van der Waals surface area contributed by atoms with Gasteiger partial charge in [0.2, 0.25) is 11.8 Å². The lowest BCUT2D eigenvalue weighted by Crippen LogP contribution is -2.47. The molecule has 2 N–H and O–H groups in total. The summed E-state index contributed by atoms with van der Waals surface area (Å²) >= 11 is 0. The molecule has 1 saturated heterocycles. The maximum Gasteiger partial charge on any atom is 0.410 e. The SMILES string of the molecule is O=C(CNC(=O)[C@@H]1CCCN1C(=O)OCc1ccccc1)Nc1ccc(F)c(F)c1F. The summed E-state index contributed by atoms with van der Waals surface area (Å²) in [6.07, 6.45) is 0.339. The standard InChI is InChI=1S/C21H20F3N3O4/c22-14-8-9-15(19(24)18(14)23)26-17(28)11-25-20(29)16-7-4-10-27(16)21(30)31-12-13-5-2-1-3-6-13/h1-3,5-6,8-9,16H,4,7,10-12H2,(H,25,29)(H,26,28)/t16-/m0/s1. The Labute approximate surface area is 176 Å². The molecule has 1 aliphatic rings. The molecule has 0 saturated carbocycles. The van der Waals surface area contributed by atoms with Crippen molar-refractivity contribution in [3.63, 3.8) is 0 Å². The number of carbonyl (C=O) groups is 3. The molecule has 1 aliphatic heterocycles. The molecule has 0 aliphatic carbocycles. The third kappa shape index (κ3) is 5.53. The number of benzene rings is 2. The van der Waals surface area contributed by atoms with Gasteiger partial charge in [-0.15, -0.1) is 0 Å². The fourth-order valence-electron chi connectivity index (χ4n) is 3.16. The zero-order valence-corrected chi connectivity index (χ0v) is 16.4. The van der Waals surface area contributed by atoms with E-state index in [9.17, 15) is 27.6 Å². The summed E-state index contributed by atoms with van der Waals surface area (Å²) in [5.41, 5.74) is 0.252. The predicted octanol–water partition coefficient (Wildman–Crippen LogP) is 2.96. The molecule has 2 aromatic rings. The van der Waals surface area contributed by atoms with Crippen LogP contribution in [0.1, 0.15) is 18.4 Å². The van der Waals surface area contributed by atoms with Crippen LogP contribution in [0.3, 0.4) is 0 Å². The lowest BCUT2D eigenvalue weighted by Gasteiger charge is -2.23. The number of nitrogens with zero attached hydrogens (tertiary/aromatic N) is 1. The first-order valence-electron chi connectivity index (χ1n) is 9.55. The number of ether oxygens (including phenoxy) is 1. The van der Waals surface area contributed by atoms with Crippen LogP contribution in [0, 0.1) is 17.5 Å². The molecule has 164 valence electrons. The molecular formula is C21H20F3N3O4. The van der Waals surface area contributed by atoms with E-state index in [0.717, 1.165) is 11.6 Å². The van der Waals surface area contributed by atoms with Gasteiger partial charge in [0.25, 0.3) is 0 Å². The third-order valence-electron chi connectivity index (χ3n) is 4.73. The zero-order valence-electron chi connectivity index (χ0n) is 16.4. The molecule has 0 unspecified atom stereocenters. The van der Waals surface area contributed by atoms with E-state index in [2.05, 4.69) is 10.6 Å². The summed E-state index contributed by atoms with van der Waals surface area (Å²) in [4.78, 5) is 38.0. The minimum absolute atomic E-state index is 0.0622. The van der Waals surface area contributed by atoms with Crippen molar-refractivity contribution in [2.24, 2.45) is 0 Å². The smallest absolute Gasteiger partial charge is 0.410 e. The van der Waals surface area contributed by atoms with Gasteiger partial charge in [-0.1, -0.05) is 30.3 Å². The molecule has 1 fully saturated rings. The molecule has 31 heavy (non-hydrogen) atoms. The first kappa shape index (κ1) is 22.1. The number of nitrogens with one attached hydrogen (secondary N) is 2. The molecule has 1 heterocycles. The highest BCUT2D eigenvalue weighted by Crippen LogP contribution is 2.20. The van der Waals surface area contributed by atoms with E-state index in [-0.39, 0.29) is 6.61 Å². The molecule has 2 aromatic carbocycles. The van der Waals surface area contributed by atoms with Gasteiger partial charge in [0.1, 0.15) is 12.6 Å². The quantitative estimate of drug-likeness (QED) is 0.683. The second kappa shape index (κ2) is 9.96. The Morgan fingerprint density at radius 1 is 1.03 bits per heavy atom. The van der Waals surface area contributed by atoms with Crippen LogP contribution in [0.25, 0.3) is 0 Å². The van der Waals surface area contributed by atoms with Gasteiger partial charge >= 0.3 is 6.09 Å². The summed E-state index contributed by atoms with van der Waals surface area (Å²) in [6, 6.07) is 9.80. The highest BCUT2D eigenvalue weighted by Gasteiger charge is 2.35. The average Bonchev–Trinajstić information content (AvgIpc) is 3.27. The minimum Gasteiger partial charge on any atom is -0.445 e. The van der Waals surface area contributed by atoms with E-state index in [4.69, 9.17) is 4.74 Å². The molecule has 7 nitrogen and oxygen atoms in total. The summed E-state index contributed by atoms with van der Waals surface area (Å²) in [7, 11) is 0. The average molecular weight is 435 g/mol. The number of carbonyl (C=O) groups excluding carboxylic acids is 3. The van der Waals surface area contributed by atoms with E-state index >= 15 is 0 Å². The Bertz CT molecular complexity index is 972. The van der Waals surface area contributed by atoms with Gasteiger partial charge in [-0.25, -0.2) is 18.0 Å². The van der Waals surface area contributed by atoms with Crippen LogP contribution in [0.5, 0.6) is 0 Å². The van der Waals surface area contributed by atoms with Gasteiger partial charge in [0, 0.05) is 6.54 Å². The second-order valence-corrected chi connectivity index (χ2v) is 6.88. The maximum absolute atomic E-state index is 13.6. The fourth-order valence-corrected chi connectivity index (χ4v) is 3.16. The monoisotopic (exact) mass is 435 g/mol. The number of rotatable bonds is 6. The van der Waals surface area contributed by atoms with Crippen molar-refractivity contribution in [2.45, 2.75) is 25.5 Å². The van der Waals surface area contributed by atoms with E-state index in [1.807, 2.05) is 18.2 Å². The highest BCUT2D eigenvalue weighted by atomic mass is 19.2. The molecule has 0 spiro atoms. The molecule has 0 aromatic heterocycles. The first-order chi connectivity index (χ1) is 14.9. The molecular weight excluding hydrogens is 415 g/mol. The Hall–Kier alpha value is -3.56. The largest absolute Gasteiger partial charge is 0.445 e. The van der Waals surface area contributed by atoms with E-state index in [1.165, 1.54) is 4.90 Å². The topological polar surface area (TPSA) is 87.7 Å². The van der Waals surface area contributed by atoms with Gasteiger partial charge < -0.3 is 15.4 Å². The summed E-state index contributed by atoms with van der Waals surface area (Å²) in [5.74, 6) is -6.05. The van der Waals surface area contributed by atoms with Crippen LogP contribution in [0.4, 0.5) is 23.7 Å². The number of amides is 3. The number of hydrogen-bond donors (Lipinski definition) is 2. The van der Waals surface area contributed by atoms with Crippen LogP contribution in [0.15, 0.2) is 42.5 Å². The number of anilines is 1. The van der Waals surface area contributed by atoms with E-state index < -0.39 is 53.6 Å². The summed E-state index contributed by atoms with van der Waals surface area (Å²) < 4.78 is 45.1. The van der Waals surface area contributed by atoms with E-state index in [1.54, 1.807) is 12.1 Å². The Morgan fingerprint density at radius 2 is 1.77 bits per heavy atom. The molecule has 3 rings (SSSR count). The van der Waals surface area contributed by atoms with Crippen molar-refractivity contribution in [3.8, 4) is 0 Å². The van der Waals surface area contributed by atoms with Crippen molar-refractivity contribution in [1.29, 1.82) is 0 Å². The molecule has 10 heteroatoms.